The van der Waals surface area contributed by atoms with E-state index in [4.69, 9.17) is 5.26 Å². The van der Waals surface area contributed by atoms with Gasteiger partial charge in [-0.3, -0.25) is 4.79 Å². The van der Waals surface area contributed by atoms with Crippen LogP contribution in [0.2, 0.25) is 0 Å². The number of likely N-dealkylation sites (N-methyl/N-ethyl adjacent to an activating group) is 1. The van der Waals surface area contributed by atoms with Crippen molar-refractivity contribution in [2.24, 2.45) is 5.92 Å². The number of hydrogen-bond donors (Lipinski definition) is 1. The quantitative estimate of drug-likeness (QED) is 0.778. The van der Waals surface area contributed by atoms with Crippen molar-refractivity contribution in [3.05, 3.63) is 59.2 Å². The summed E-state index contributed by atoms with van der Waals surface area (Å²) in [7, 11) is 1.63. The minimum Gasteiger partial charge on any atom is -0.328 e. The first kappa shape index (κ1) is 20.4. The molecule has 0 bridgehead atoms. The number of halogens is 1. The number of alkyl halides is 1. The van der Waals surface area contributed by atoms with Crippen LogP contribution in [0.4, 0.5) is 9.18 Å². The van der Waals surface area contributed by atoms with Crippen molar-refractivity contribution >= 4 is 11.8 Å². The fourth-order valence-corrected chi connectivity index (χ4v) is 2.77. The molecule has 1 aromatic rings. The molecule has 2 atom stereocenters. The van der Waals surface area contributed by atoms with E-state index in [-0.39, 0.29) is 17.7 Å². The Labute approximate surface area is 159 Å². The Kier molecular flexibility index (Phi) is 6.89. The Morgan fingerprint density at radius 1 is 1.33 bits per heavy atom. The standard InChI is InChI=1S/C21H24FN3O2/c1-14(2)19(20(26)17-8-4-15(12-23)5-9-17)24-21(27)25(3)13-16-6-10-18(22)11-7-16/h4-10,14,18-19H,11,13H2,1-3H3,(H,24,27). The molecule has 2 amide bonds. The van der Waals surface area contributed by atoms with Gasteiger partial charge in [-0.1, -0.05) is 44.2 Å². The average molecular weight is 369 g/mol. The number of carbonyl (C=O) groups is 2. The van der Waals surface area contributed by atoms with E-state index in [1.807, 2.05) is 19.9 Å². The maximum Gasteiger partial charge on any atom is 0.318 e. The van der Waals surface area contributed by atoms with Crippen LogP contribution in [0.5, 0.6) is 0 Å². The second-order valence-corrected chi connectivity index (χ2v) is 6.97. The fraction of sp³-hybridized carbons (Fsp3) is 0.381. The number of benzene rings is 1. The molecule has 1 aliphatic carbocycles. The van der Waals surface area contributed by atoms with Gasteiger partial charge in [0, 0.05) is 25.6 Å². The molecule has 0 spiro atoms. The highest BCUT2D eigenvalue weighted by Gasteiger charge is 2.26. The monoisotopic (exact) mass is 369 g/mol. The number of nitrogens with zero attached hydrogens (tertiary/aromatic N) is 2. The van der Waals surface area contributed by atoms with Gasteiger partial charge in [-0.2, -0.15) is 5.26 Å². The van der Waals surface area contributed by atoms with Crippen molar-refractivity contribution < 1.29 is 14.0 Å². The number of nitriles is 1. The highest BCUT2D eigenvalue weighted by molar-refractivity contribution is 6.02. The zero-order valence-electron chi connectivity index (χ0n) is 15.8. The lowest BCUT2D eigenvalue weighted by Crippen LogP contribution is -2.49. The summed E-state index contributed by atoms with van der Waals surface area (Å²) in [6.45, 7) is 4.06. The molecule has 0 saturated heterocycles. The summed E-state index contributed by atoms with van der Waals surface area (Å²) >= 11 is 0. The highest BCUT2D eigenvalue weighted by Crippen LogP contribution is 2.15. The third-order valence-electron chi connectivity index (χ3n) is 4.42. The number of rotatable bonds is 6. The first-order valence-electron chi connectivity index (χ1n) is 8.89. The summed E-state index contributed by atoms with van der Waals surface area (Å²) in [5.41, 5.74) is 1.78. The second-order valence-electron chi connectivity index (χ2n) is 6.97. The van der Waals surface area contributed by atoms with E-state index in [1.165, 1.54) is 11.0 Å². The average Bonchev–Trinajstić information content (AvgIpc) is 2.67. The van der Waals surface area contributed by atoms with Crippen LogP contribution in [0, 0.1) is 17.2 Å². The summed E-state index contributed by atoms with van der Waals surface area (Å²) < 4.78 is 13.1. The van der Waals surface area contributed by atoms with Gasteiger partial charge in [0.15, 0.2) is 5.78 Å². The van der Waals surface area contributed by atoms with Gasteiger partial charge in [0.05, 0.1) is 17.7 Å². The van der Waals surface area contributed by atoms with E-state index in [1.54, 1.807) is 43.5 Å². The van der Waals surface area contributed by atoms with Crippen LogP contribution in [0.3, 0.4) is 0 Å². The van der Waals surface area contributed by atoms with Crippen molar-refractivity contribution in [3.8, 4) is 6.07 Å². The number of allylic oxidation sites excluding steroid dienone is 2. The number of carbonyl (C=O) groups excluding carboxylic acids is 2. The predicted molar refractivity (Wildman–Crippen MR) is 102 cm³/mol. The molecule has 2 rings (SSSR count). The Balaban J connectivity index is 2.03. The highest BCUT2D eigenvalue weighted by atomic mass is 19.1. The lowest BCUT2D eigenvalue weighted by molar-refractivity contribution is 0.0916. The van der Waals surface area contributed by atoms with Gasteiger partial charge in [-0.15, -0.1) is 0 Å². The number of amides is 2. The summed E-state index contributed by atoms with van der Waals surface area (Å²) in [5.74, 6) is -0.306. The molecule has 0 fully saturated rings. The zero-order valence-corrected chi connectivity index (χ0v) is 15.8. The Hall–Kier alpha value is -2.94. The van der Waals surface area contributed by atoms with Crippen LogP contribution in [0.1, 0.15) is 36.2 Å². The summed E-state index contributed by atoms with van der Waals surface area (Å²) in [5, 5.41) is 11.7. The summed E-state index contributed by atoms with van der Waals surface area (Å²) in [4.78, 5) is 26.8. The normalized spacial score (nSPS) is 17.0. The first-order valence-corrected chi connectivity index (χ1v) is 8.89. The Morgan fingerprint density at radius 2 is 2.00 bits per heavy atom. The van der Waals surface area contributed by atoms with Crippen molar-refractivity contribution in [2.45, 2.75) is 32.5 Å². The van der Waals surface area contributed by atoms with Gasteiger partial charge in [-0.05, 0) is 23.6 Å². The van der Waals surface area contributed by atoms with E-state index >= 15 is 0 Å². The zero-order chi connectivity index (χ0) is 20.0. The molecule has 142 valence electrons. The molecule has 0 radical (unpaired) electrons. The van der Waals surface area contributed by atoms with Crippen molar-refractivity contribution in [1.82, 2.24) is 10.2 Å². The molecule has 0 saturated carbocycles. The van der Waals surface area contributed by atoms with Gasteiger partial charge in [0.2, 0.25) is 0 Å². The Morgan fingerprint density at radius 3 is 2.52 bits per heavy atom. The molecule has 27 heavy (non-hydrogen) atoms. The number of nitrogens with one attached hydrogen (secondary N) is 1. The lowest BCUT2D eigenvalue weighted by Gasteiger charge is -2.26. The van der Waals surface area contributed by atoms with Crippen LogP contribution in [-0.2, 0) is 0 Å². The maximum absolute atomic E-state index is 13.1. The minimum absolute atomic E-state index is 0.105. The summed E-state index contributed by atoms with van der Waals surface area (Å²) in [6, 6.07) is 7.31. The smallest absolute Gasteiger partial charge is 0.318 e. The van der Waals surface area contributed by atoms with Gasteiger partial charge >= 0.3 is 6.03 Å². The van der Waals surface area contributed by atoms with Crippen molar-refractivity contribution in [1.29, 1.82) is 5.26 Å². The van der Waals surface area contributed by atoms with Crippen LogP contribution < -0.4 is 5.32 Å². The molecule has 0 heterocycles. The number of hydrogen-bond acceptors (Lipinski definition) is 3. The maximum atomic E-state index is 13.1. The van der Waals surface area contributed by atoms with E-state index in [0.717, 1.165) is 5.57 Å². The topological polar surface area (TPSA) is 73.2 Å². The molecular weight excluding hydrogens is 345 g/mol. The third kappa shape index (κ3) is 5.52. The van der Waals surface area contributed by atoms with E-state index in [2.05, 4.69) is 5.32 Å². The molecule has 2 unspecified atom stereocenters. The molecular formula is C21H24FN3O2. The molecule has 0 aromatic heterocycles. The number of Topliss-reactive ketones (excluding diaryl/α,β-unsaturated/α-hetero) is 1. The SMILES string of the molecule is CC(C)C(NC(=O)N(C)CC1=CCC(F)C=C1)C(=O)c1ccc(C#N)cc1. The van der Waals surface area contributed by atoms with Crippen molar-refractivity contribution in [3.63, 3.8) is 0 Å². The molecule has 0 aliphatic heterocycles. The predicted octanol–water partition coefficient (Wildman–Crippen LogP) is 3.63. The first-order chi connectivity index (χ1) is 12.8. The number of urea groups is 1. The summed E-state index contributed by atoms with van der Waals surface area (Å²) in [6.07, 6.45) is 4.28. The van der Waals surface area contributed by atoms with E-state index < -0.39 is 12.2 Å². The second kappa shape index (κ2) is 9.13. The molecule has 1 aliphatic rings. The van der Waals surface area contributed by atoms with Gasteiger partial charge < -0.3 is 10.2 Å². The van der Waals surface area contributed by atoms with Crippen LogP contribution >= 0.6 is 0 Å². The van der Waals surface area contributed by atoms with Gasteiger partial charge in [0.25, 0.3) is 0 Å². The molecule has 1 N–H and O–H groups in total. The molecule has 6 heteroatoms. The van der Waals surface area contributed by atoms with E-state index in [9.17, 15) is 14.0 Å². The largest absolute Gasteiger partial charge is 0.328 e. The van der Waals surface area contributed by atoms with Gasteiger partial charge in [0.1, 0.15) is 6.17 Å². The van der Waals surface area contributed by atoms with Crippen LogP contribution in [0.25, 0.3) is 0 Å². The van der Waals surface area contributed by atoms with Crippen LogP contribution in [0.15, 0.2) is 48.1 Å². The van der Waals surface area contributed by atoms with Crippen LogP contribution in [-0.4, -0.2) is 42.5 Å². The third-order valence-corrected chi connectivity index (χ3v) is 4.42. The Bertz CT molecular complexity index is 791. The minimum atomic E-state index is -0.969. The van der Waals surface area contributed by atoms with E-state index in [0.29, 0.717) is 24.1 Å². The lowest BCUT2D eigenvalue weighted by atomic mass is 9.94. The number of ketones is 1. The molecule has 1 aromatic carbocycles. The van der Waals surface area contributed by atoms with Gasteiger partial charge in [-0.25, -0.2) is 9.18 Å². The molecule has 5 nitrogen and oxygen atoms in total. The van der Waals surface area contributed by atoms with Crippen molar-refractivity contribution in [2.75, 3.05) is 13.6 Å². The fourth-order valence-electron chi connectivity index (χ4n) is 2.77.